The summed E-state index contributed by atoms with van der Waals surface area (Å²) in [6.45, 7) is 11.5. The summed E-state index contributed by atoms with van der Waals surface area (Å²) >= 11 is 0. The van der Waals surface area contributed by atoms with Crippen LogP contribution in [0.5, 0.6) is 34.5 Å². The smallest absolute Gasteiger partial charge is 0.550 e. The van der Waals surface area contributed by atoms with Crippen LogP contribution < -0.4 is 69.3 Å². The molecule has 0 aliphatic heterocycles. The van der Waals surface area contributed by atoms with E-state index in [4.69, 9.17) is 0 Å². The molecule has 0 aliphatic rings. The summed E-state index contributed by atoms with van der Waals surface area (Å²) in [5.41, 5.74) is 2.51. The first-order valence-corrected chi connectivity index (χ1v) is 18.4. The Kier molecular flexibility index (Phi) is 18.5. The number of nitrogens with zero attached hydrogens (tertiary/aromatic N) is 2. The van der Waals surface area contributed by atoms with Crippen LogP contribution >= 0.6 is 0 Å². The number of carboxylic acid groups (broad SMARTS) is 2. The Morgan fingerprint density at radius 3 is 1.21 bits per heavy atom. The van der Waals surface area contributed by atoms with Crippen molar-refractivity contribution in [1.29, 1.82) is 0 Å². The summed E-state index contributed by atoms with van der Waals surface area (Å²) < 4.78 is 0. The van der Waals surface area contributed by atoms with Gasteiger partial charge in [0.15, 0.2) is 23.0 Å². The summed E-state index contributed by atoms with van der Waals surface area (Å²) in [5, 5.41) is 92.3. The monoisotopic (exact) mass is 788 g/mol. The van der Waals surface area contributed by atoms with Crippen LogP contribution in [0.4, 0.5) is 0 Å². The third-order valence-electron chi connectivity index (χ3n) is 9.77. The average molecular weight is 789 g/mol. The van der Waals surface area contributed by atoms with Gasteiger partial charge in [-0.05, 0) is 86.1 Å². The second-order valence-electron chi connectivity index (χ2n) is 14.5. The number of phenols is 6. The van der Waals surface area contributed by atoms with Gasteiger partial charge in [-0.3, -0.25) is 9.98 Å². The van der Waals surface area contributed by atoms with E-state index in [0.717, 1.165) is 0 Å². The predicted molar refractivity (Wildman–Crippen MR) is 206 cm³/mol. The quantitative estimate of drug-likeness (QED) is 0.0370. The molecule has 0 atom stereocenters. The molecular formula is C42H50N2Na2O10. The van der Waals surface area contributed by atoms with Crippen molar-refractivity contribution in [2.75, 3.05) is 13.1 Å². The molecular weight excluding hydrogens is 738 g/mol. The number of unbranched alkanes of at least 4 members (excludes halogenated alkanes) is 4. The van der Waals surface area contributed by atoms with Crippen LogP contribution in [0.2, 0.25) is 0 Å². The molecule has 0 saturated carbocycles. The van der Waals surface area contributed by atoms with Crippen molar-refractivity contribution in [2.24, 2.45) is 9.98 Å². The fraction of sp³-hybridized carbons (Fsp3) is 0.429. The Morgan fingerprint density at radius 1 is 0.571 bits per heavy atom. The molecule has 0 aromatic heterocycles. The molecule has 0 bridgehead atoms. The second-order valence-corrected chi connectivity index (χ2v) is 14.5. The van der Waals surface area contributed by atoms with Gasteiger partial charge in [0, 0.05) is 81.6 Å². The molecule has 0 fully saturated rings. The number of carbonyl (C=O) groups is 2. The van der Waals surface area contributed by atoms with Gasteiger partial charge in [-0.25, -0.2) is 0 Å². The van der Waals surface area contributed by atoms with Crippen molar-refractivity contribution >= 4 is 45.9 Å². The Bertz CT molecular complexity index is 1990. The van der Waals surface area contributed by atoms with Gasteiger partial charge in [-0.1, -0.05) is 52.7 Å². The van der Waals surface area contributed by atoms with Crippen LogP contribution in [0.25, 0.3) is 32.7 Å². The number of phenolic OH excluding ortho intramolecular Hbond substituents is 6. The van der Waals surface area contributed by atoms with E-state index in [0.29, 0.717) is 84.6 Å². The first-order valence-electron chi connectivity index (χ1n) is 18.4. The van der Waals surface area contributed by atoms with Gasteiger partial charge < -0.3 is 50.4 Å². The number of aliphatic imine (C=N–C) groups is 2. The zero-order chi connectivity index (χ0) is 40.0. The summed E-state index contributed by atoms with van der Waals surface area (Å²) in [6.07, 6.45) is 5.81. The number of hydrogen-bond donors (Lipinski definition) is 6. The van der Waals surface area contributed by atoms with Gasteiger partial charge in [0.1, 0.15) is 11.5 Å². The number of carbonyl (C=O) groups excluding carboxylic acids is 2. The molecule has 14 heteroatoms. The number of benzene rings is 4. The number of hydrogen-bond acceptors (Lipinski definition) is 12. The molecule has 56 heavy (non-hydrogen) atoms. The summed E-state index contributed by atoms with van der Waals surface area (Å²) in [4.78, 5) is 30.3. The largest absolute Gasteiger partial charge is 1.00 e. The van der Waals surface area contributed by atoms with Crippen LogP contribution in [0.15, 0.2) is 22.1 Å². The van der Waals surface area contributed by atoms with Crippen molar-refractivity contribution in [3.63, 3.8) is 0 Å². The van der Waals surface area contributed by atoms with Crippen molar-refractivity contribution in [3.05, 3.63) is 45.5 Å². The van der Waals surface area contributed by atoms with Gasteiger partial charge in [0.25, 0.3) is 0 Å². The molecule has 4 aromatic rings. The van der Waals surface area contributed by atoms with Crippen molar-refractivity contribution in [1.82, 2.24) is 0 Å². The van der Waals surface area contributed by atoms with Crippen LogP contribution in [-0.4, -0.2) is 68.1 Å². The topological polar surface area (TPSA) is 226 Å². The van der Waals surface area contributed by atoms with E-state index in [9.17, 15) is 50.4 Å². The number of aliphatic carboxylic acids is 2. The second kappa shape index (κ2) is 21.3. The average Bonchev–Trinajstić information content (AvgIpc) is 3.08. The van der Waals surface area contributed by atoms with Gasteiger partial charge >= 0.3 is 59.1 Å². The van der Waals surface area contributed by atoms with Gasteiger partial charge in [-0.15, -0.1) is 0 Å². The number of rotatable bonds is 17. The van der Waals surface area contributed by atoms with E-state index in [1.54, 1.807) is 26.0 Å². The fourth-order valence-electron chi connectivity index (χ4n) is 7.23. The van der Waals surface area contributed by atoms with Crippen LogP contribution in [0, 0.1) is 13.8 Å². The molecule has 0 saturated heterocycles. The summed E-state index contributed by atoms with van der Waals surface area (Å²) in [7, 11) is 0. The molecule has 6 N–H and O–H groups in total. The summed E-state index contributed by atoms with van der Waals surface area (Å²) in [5.74, 6) is -4.98. The van der Waals surface area contributed by atoms with E-state index in [2.05, 4.69) is 9.98 Å². The van der Waals surface area contributed by atoms with Crippen molar-refractivity contribution < 1.29 is 110 Å². The normalized spacial score (nSPS) is 11.6. The SMILES string of the molecule is Cc1cc2c(C(C)C)c(O)c(O)c(C=NCCCCCC(=O)[O-])c2c(O)c1-c1c(C)cc2c(C(C)C)c(O)c(O)c(C=NCCCCCC(=O)[O-])c2c1O.[Na+].[Na+]. The standard InChI is InChI=1S/C42H52N2O10.2Na/c1-21(2)31-25-17-23(5)33(39(51)35(25)27(37(49)41(31)53)19-43-15-11-7-9-13-29(45)46)34-24(6)18-26-32(22(3)4)42(54)38(50)28(36(26)40(34)52)20-44-16-12-8-10-14-30(47)48;;/h17-22,49-54H,7-16H2,1-6H3,(H,45,46)(H,47,48);;/q;2*+1/p-2. The molecule has 0 amide bonds. The molecule has 12 nitrogen and oxygen atoms in total. The predicted octanol–water partition coefficient (Wildman–Crippen LogP) is 0.224. The van der Waals surface area contributed by atoms with E-state index in [-0.39, 0.29) is 140 Å². The minimum Gasteiger partial charge on any atom is -0.550 e. The van der Waals surface area contributed by atoms with Crippen LogP contribution in [0.3, 0.4) is 0 Å². The molecule has 0 spiro atoms. The van der Waals surface area contributed by atoms with E-state index in [1.165, 1.54) is 12.4 Å². The first kappa shape index (κ1) is 48.6. The fourth-order valence-corrected chi connectivity index (χ4v) is 7.23. The number of aryl methyl sites for hydroxylation is 2. The number of aromatic hydroxyl groups is 6. The van der Waals surface area contributed by atoms with Gasteiger partial charge in [-0.2, -0.15) is 0 Å². The molecule has 0 radical (unpaired) electrons. The Labute approximate surface area is 371 Å². The van der Waals surface area contributed by atoms with Crippen LogP contribution in [0.1, 0.15) is 124 Å². The van der Waals surface area contributed by atoms with E-state index in [1.807, 2.05) is 27.7 Å². The zero-order valence-electron chi connectivity index (χ0n) is 33.7. The maximum absolute atomic E-state index is 12.2. The maximum Gasteiger partial charge on any atom is 1.00 e. The van der Waals surface area contributed by atoms with Gasteiger partial charge in [0.2, 0.25) is 0 Å². The van der Waals surface area contributed by atoms with E-state index >= 15 is 0 Å². The van der Waals surface area contributed by atoms with Gasteiger partial charge in [0.05, 0.1) is 0 Å². The van der Waals surface area contributed by atoms with E-state index < -0.39 is 23.4 Å². The first-order chi connectivity index (χ1) is 25.5. The van der Waals surface area contributed by atoms with Crippen molar-refractivity contribution in [3.8, 4) is 45.6 Å². The minimum atomic E-state index is -1.12. The third kappa shape index (κ3) is 10.5. The number of fused-ring (bicyclic) bond motifs is 2. The molecule has 0 heterocycles. The third-order valence-corrected chi connectivity index (χ3v) is 9.77. The Hall–Kier alpha value is -3.52. The van der Waals surface area contributed by atoms with Crippen LogP contribution in [-0.2, 0) is 9.59 Å². The molecule has 4 aromatic carbocycles. The molecule has 0 aliphatic carbocycles. The summed E-state index contributed by atoms with van der Waals surface area (Å²) in [6, 6.07) is 3.55. The molecule has 4 rings (SSSR count). The molecule has 0 unspecified atom stereocenters. The Morgan fingerprint density at radius 2 is 0.911 bits per heavy atom. The van der Waals surface area contributed by atoms with Crippen molar-refractivity contribution in [2.45, 2.75) is 105 Å². The maximum atomic E-state index is 12.2. The number of carboxylic acids is 2. The molecule has 290 valence electrons. The zero-order valence-corrected chi connectivity index (χ0v) is 37.7. The minimum absolute atomic E-state index is 0. The Balaban J connectivity index is 0.00000541.